The fourth-order valence-electron chi connectivity index (χ4n) is 4.15. The van der Waals surface area contributed by atoms with Crippen LogP contribution in [0.3, 0.4) is 0 Å². The van der Waals surface area contributed by atoms with E-state index in [1.165, 1.54) is 7.11 Å². The van der Waals surface area contributed by atoms with Gasteiger partial charge in [0.05, 0.1) is 29.8 Å². The zero-order chi connectivity index (χ0) is 26.7. The largest absolute Gasteiger partial charge is 0.496 e. The standard InChI is InChI=1S/C29H30ClN3O4/c1-29(2,3)27-13-18(16-33-27)11-19(34)10-17-6-7-25(22(30)12-17)37-24-8-9-32-23-15-26(36-5)21(14-20(23)24)28(35)31-4/h6-9,12-15H,10-11,16H2,1-5H3,(H,31,35). The third kappa shape index (κ3) is 6.00. The number of nitrogens with zero attached hydrogens (tertiary/aromatic N) is 2. The van der Waals surface area contributed by atoms with Gasteiger partial charge in [-0.05, 0) is 41.5 Å². The van der Waals surface area contributed by atoms with Crippen molar-refractivity contribution in [3.8, 4) is 17.2 Å². The minimum absolute atomic E-state index is 0.0235. The molecule has 0 bridgehead atoms. The molecule has 0 saturated carbocycles. The molecule has 1 aliphatic rings. The van der Waals surface area contributed by atoms with Gasteiger partial charge in [0.15, 0.2) is 0 Å². The zero-order valence-corrected chi connectivity index (χ0v) is 22.4. The van der Waals surface area contributed by atoms with E-state index in [1.54, 1.807) is 43.6 Å². The molecule has 7 nitrogen and oxygen atoms in total. The Bertz CT molecular complexity index is 1440. The average molecular weight is 520 g/mol. The van der Waals surface area contributed by atoms with Crippen LogP contribution in [0.1, 0.15) is 43.1 Å². The minimum atomic E-state index is -0.282. The van der Waals surface area contributed by atoms with Gasteiger partial charge in [-0.15, -0.1) is 0 Å². The van der Waals surface area contributed by atoms with Gasteiger partial charge in [-0.25, -0.2) is 0 Å². The van der Waals surface area contributed by atoms with Crippen LogP contribution in [0.5, 0.6) is 17.2 Å². The predicted molar refractivity (Wildman–Crippen MR) is 146 cm³/mol. The van der Waals surface area contributed by atoms with Crippen LogP contribution < -0.4 is 14.8 Å². The maximum Gasteiger partial charge on any atom is 0.254 e. The Morgan fingerprint density at radius 2 is 1.84 bits per heavy atom. The van der Waals surface area contributed by atoms with Crippen molar-refractivity contribution < 1.29 is 19.1 Å². The summed E-state index contributed by atoms with van der Waals surface area (Å²) < 4.78 is 11.5. The molecule has 2 aromatic carbocycles. The van der Waals surface area contributed by atoms with Crippen molar-refractivity contribution >= 4 is 39.9 Å². The Labute approximate surface area is 221 Å². The summed E-state index contributed by atoms with van der Waals surface area (Å²) >= 11 is 6.54. The number of aromatic nitrogens is 1. The quantitative estimate of drug-likeness (QED) is 0.395. The number of Topliss-reactive ketones (excluding diaryl/α,β-unsaturated/α-hetero) is 1. The summed E-state index contributed by atoms with van der Waals surface area (Å²) in [5.41, 5.74) is 3.84. The average Bonchev–Trinajstić information content (AvgIpc) is 3.33. The van der Waals surface area contributed by atoms with Crippen LogP contribution in [0.25, 0.3) is 10.9 Å². The highest BCUT2D eigenvalue weighted by Gasteiger charge is 2.22. The normalized spacial score (nSPS) is 13.2. The highest BCUT2D eigenvalue weighted by molar-refractivity contribution is 6.32. The molecule has 0 atom stereocenters. The lowest BCUT2D eigenvalue weighted by Gasteiger charge is -2.16. The Kier molecular flexibility index (Phi) is 7.64. The Hall–Kier alpha value is -3.71. The number of ketones is 1. The van der Waals surface area contributed by atoms with Crippen LogP contribution in [0.15, 0.2) is 59.2 Å². The lowest BCUT2D eigenvalue weighted by atomic mass is 9.89. The maximum absolute atomic E-state index is 12.7. The molecule has 1 aromatic heterocycles. The first-order valence-corrected chi connectivity index (χ1v) is 12.4. The number of ether oxygens (including phenoxy) is 2. The molecule has 192 valence electrons. The van der Waals surface area contributed by atoms with E-state index in [1.807, 2.05) is 12.1 Å². The summed E-state index contributed by atoms with van der Waals surface area (Å²) in [6.07, 6.45) is 4.31. The molecule has 0 radical (unpaired) electrons. The smallest absolute Gasteiger partial charge is 0.254 e. The topological polar surface area (TPSA) is 89.9 Å². The second-order valence-electron chi connectivity index (χ2n) is 9.97. The molecule has 0 unspecified atom stereocenters. The van der Waals surface area contributed by atoms with E-state index in [4.69, 9.17) is 21.1 Å². The van der Waals surface area contributed by atoms with Gasteiger partial charge in [-0.1, -0.05) is 38.4 Å². The van der Waals surface area contributed by atoms with E-state index >= 15 is 0 Å². The van der Waals surface area contributed by atoms with E-state index < -0.39 is 0 Å². The number of pyridine rings is 1. The lowest BCUT2D eigenvalue weighted by Crippen LogP contribution is -2.18. The number of aliphatic imine (C=N–C) groups is 1. The van der Waals surface area contributed by atoms with Crippen LogP contribution in [0.4, 0.5) is 0 Å². The fraction of sp³-hybridized carbons (Fsp3) is 0.310. The summed E-state index contributed by atoms with van der Waals surface area (Å²) in [6.45, 7) is 6.93. The van der Waals surface area contributed by atoms with Gasteiger partial charge in [0.25, 0.3) is 5.91 Å². The molecule has 2 heterocycles. The second kappa shape index (κ2) is 10.7. The molecule has 3 aromatic rings. The van der Waals surface area contributed by atoms with Crippen LogP contribution in [0.2, 0.25) is 5.02 Å². The number of carbonyl (C=O) groups excluding carboxylic acids is 2. The molecule has 1 aliphatic heterocycles. The summed E-state index contributed by atoms with van der Waals surface area (Å²) in [4.78, 5) is 34.0. The van der Waals surface area contributed by atoms with Gasteiger partial charge in [0, 0.05) is 48.7 Å². The highest BCUT2D eigenvalue weighted by Crippen LogP contribution is 2.36. The van der Waals surface area contributed by atoms with Crippen LogP contribution >= 0.6 is 11.6 Å². The van der Waals surface area contributed by atoms with E-state index in [2.05, 4.69) is 36.1 Å². The number of allylic oxidation sites excluding steroid dienone is 1. The van der Waals surface area contributed by atoms with Crippen molar-refractivity contribution in [3.63, 3.8) is 0 Å². The number of methoxy groups -OCH3 is 1. The predicted octanol–water partition coefficient (Wildman–Crippen LogP) is 5.98. The number of benzene rings is 2. The molecule has 0 spiro atoms. The van der Waals surface area contributed by atoms with Crippen molar-refractivity contribution in [1.29, 1.82) is 0 Å². The van der Waals surface area contributed by atoms with E-state index in [-0.39, 0.29) is 23.5 Å². The first-order chi connectivity index (χ1) is 17.6. The number of halogens is 1. The molecule has 0 saturated heterocycles. The Balaban J connectivity index is 1.50. The van der Waals surface area contributed by atoms with E-state index in [9.17, 15) is 9.59 Å². The number of rotatable bonds is 8. The lowest BCUT2D eigenvalue weighted by molar-refractivity contribution is -0.117. The number of hydrogen-bond donors (Lipinski definition) is 1. The summed E-state index contributed by atoms with van der Waals surface area (Å²) in [6, 6.07) is 10.4. The van der Waals surface area contributed by atoms with Gasteiger partial charge in [-0.3, -0.25) is 19.6 Å². The number of nitrogens with one attached hydrogen (secondary N) is 1. The van der Waals surface area contributed by atoms with Crippen molar-refractivity contribution in [2.24, 2.45) is 10.4 Å². The molecule has 1 amide bonds. The first-order valence-electron chi connectivity index (χ1n) is 12.0. The highest BCUT2D eigenvalue weighted by atomic mass is 35.5. The first kappa shape index (κ1) is 26.4. The van der Waals surface area contributed by atoms with Crippen LogP contribution in [-0.2, 0) is 11.2 Å². The Morgan fingerprint density at radius 1 is 1.05 bits per heavy atom. The van der Waals surface area contributed by atoms with Gasteiger partial charge in [0.1, 0.15) is 23.0 Å². The van der Waals surface area contributed by atoms with Crippen molar-refractivity contribution in [1.82, 2.24) is 10.3 Å². The van der Waals surface area contributed by atoms with Crippen molar-refractivity contribution in [3.05, 3.63) is 70.4 Å². The van der Waals surface area contributed by atoms with Gasteiger partial charge in [0.2, 0.25) is 0 Å². The van der Waals surface area contributed by atoms with E-state index in [0.29, 0.717) is 51.7 Å². The summed E-state index contributed by atoms with van der Waals surface area (Å²) in [7, 11) is 3.06. The van der Waals surface area contributed by atoms with E-state index in [0.717, 1.165) is 16.8 Å². The van der Waals surface area contributed by atoms with Crippen molar-refractivity contribution in [2.45, 2.75) is 33.6 Å². The molecule has 0 fully saturated rings. The van der Waals surface area contributed by atoms with Gasteiger partial charge < -0.3 is 14.8 Å². The summed E-state index contributed by atoms with van der Waals surface area (Å²) in [5.74, 6) is 1.17. The second-order valence-corrected chi connectivity index (χ2v) is 10.4. The maximum atomic E-state index is 12.7. The van der Waals surface area contributed by atoms with Crippen molar-refractivity contribution in [2.75, 3.05) is 20.7 Å². The molecule has 0 aliphatic carbocycles. The van der Waals surface area contributed by atoms with Crippen LogP contribution in [-0.4, -0.2) is 43.1 Å². The molecular formula is C29H30ClN3O4. The molecule has 37 heavy (non-hydrogen) atoms. The van der Waals surface area contributed by atoms with Gasteiger partial charge in [-0.2, -0.15) is 0 Å². The third-order valence-corrected chi connectivity index (χ3v) is 6.39. The minimum Gasteiger partial charge on any atom is -0.496 e. The fourth-order valence-corrected chi connectivity index (χ4v) is 4.39. The number of amides is 1. The molecular weight excluding hydrogens is 490 g/mol. The van der Waals surface area contributed by atoms with Gasteiger partial charge >= 0.3 is 0 Å². The number of carbonyl (C=O) groups is 2. The number of fused-ring (bicyclic) bond motifs is 1. The molecule has 1 N–H and O–H groups in total. The van der Waals surface area contributed by atoms with Crippen LogP contribution in [0, 0.1) is 5.41 Å². The SMILES string of the molecule is CNC(=O)c1cc2c(Oc3ccc(CC(=O)CC4=CC(C(C)(C)C)=NC4)cc3Cl)ccnc2cc1OC. The Morgan fingerprint density at radius 3 is 2.49 bits per heavy atom. The molecule has 8 heteroatoms. The third-order valence-electron chi connectivity index (χ3n) is 6.10. The summed E-state index contributed by atoms with van der Waals surface area (Å²) in [5, 5.41) is 3.63. The molecule has 4 rings (SSSR count). The monoisotopic (exact) mass is 519 g/mol. The zero-order valence-electron chi connectivity index (χ0n) is 21.6. The number of hydrogen-bond acceptors (Lipinski definition) is 6.